The van der Waals surface area contributed by atoms with Crippen LogP contribution in [0.4, 0.5) is 0 Å². The third-order valence-electron chi connectivity index (χ3n) is 3.92. The Kier molecular flexibility index (Phi) is 6.34. The topological polar surface area (TPSA) is 24.5 Å². The van der Waals surface area contributed by atoms with Crippen LogP contribution in [0.1, 0.15) is 32.3 Å². The van der Waals surface area contributed by atoms with Crippen LogP contribution in [0.25, 0.3) is 0 Å². The zero-order valence-corrected chi connectivity index (χ0v) is 12.9. The average molecular weight is 276 g/mol. The van der Waals surface area contributed by atoms with Gasteiger partial charge >= 0.3 is 0 Å². The Bertz CT molecular complexity index is 377. The molecular formula is C17H28N2O. The first-order valence-corrected chi connectivity index (χ1v) is 7.92. The van der Waals surface area contributed by atoms with Gasteiger partial charge in [-0.3, -0.25) is 4.90 Å². The molecule has 112 valence electrons. The summed E-state index contributed by atoms with van der Waals surface area (Å²) in [5, 5.41) is 3.33. The van der Waals surface area contributed by atoms with E-state index >= 15 is 0 Å². The van der Waals surface area contributed by atoms with E-state index in [2.05, 4.69) is 48.3 Å². The van der Waals surface area contributed by atoms with Crippen LogP contribution >= 0.6 is 0 Å². The zero-order chi connectivity index (χ0) is 14.2. The molecule has 1 atom stereocenters. The first kappa shape index (κ1) is 15.3. The van der Waals surface area contributed by atoms with E-state index in [4.69, 9.17) is 4.74 Å². The van der Waals surface area contributed by atoms with Crippen LogP contribution in [0.5, 0.6) is 5.75 Å². The lowest BCUT2D eigenvalue weighted by Gasteiger charge is -2.30. The predicted octanol–water partition coefficient (Wildman–Crippen LogP) is 2.91. The van der Waals surface area contributed by atoms with Crippen molar-refractivity contribution in [1.82, 2.24) is 10.2 Å². The van der Waals surface area contributed by atoms with Crippen molar-refractivity contribution in [3.05, 3.63) is 29.8 Å². The van der Waals surface area contributed by atoms with Crippen molar-refractivity contribution < 1.29 is 4.74 Å². The Morgan fingerprint density at radius 1 is 1.30 bits per heavy atom. The molecule has 1 heterocycles. The van der Waals surface area contributed by atoms with Gasteiger partial charge in [-0.05, 0) is 49.5 Å². The molecule has 0 spiro atoms. The molecule has 1 aromatic carbocycles. The highest BCUT2D eigenvalue weighted by molar-refractivity contribution is 5.27. The van der Waals surface area contributed by atoms with Crippen LogP contribution in [0, 0.1) is 5.92 Å². The lowest BCUT2D eigenvalue weighted by molar-refractivity contribution is 0.153. The van der Waals surface area contributed by atoms with Crippen LogP contribution < -0.4 is 10.1 Å². The van der Waals surface area contributed by atoms with Gasteiger partial charge in [0.05, 0.1) is 0 Å². The lowest BCUT2D eigenvalue weighted by atomic mass is 10.0. The molecule has 0 bridgehead atoms. The molecule has 0 amide bonds. The molecule has 1 fully saturated rings. The third kappa shape index (κ3) is 5.14. The molecule has 1 aliphatic heterocycles. The van der Waals surface area contributed by atoms with Crippen LogP contribution in [-0.2, 0) is 6.54 Å². The van der Waals surface area contributed by atoms with Gasteiger partial charge in [0.2, 0.25) is 0 Å². The summed E-state index contributed by atoms with van der Waals surface area (Å²) in [6, 6.07) is 8.43. The number of hydrogen-bond acceptors (Lipinski definition) is 3. The van der Waals surface area contributed by atoms with Gasteiger partial charge in [-0.15, -0.1) is 0 Å². The average Bonchev–Trinajstić information content (AvgIpc) is 2.46. The quantitative estimate of drug-likeness (QED) is 0.829. The number of likely N-dealkylation sites (tertiary alicyclic amines) is 1. The van der Waals surface area contributed by atoms with E-state index in [1.807, 2.05) is 0 Å². The second-order valence-electron chi connectivity index (χ2n) is 5.82. The Morgan fingerprint density at radius 2 is 2.10 bits per heavy atom. The molecule has 0 aromatic heterocycles. The molecule has 1 aliphatic rings. The summed E-state index contributed by atoms with van der Waals surface area (Å²) in [6.45, 7) is 10.7. The Labute approximate surface area is 123 Å². The van der Waals surface area contributed by atoms with Gasteiger partial charge in [-0.1, -0.05) is 26.0 Å². The molecule has 1 saturated heterocycles. The lowest BCUT2D eigenvalue weighted by Crippen LogP contribution is -2.37. The molecule has 3 nitrogen and oxygen atoms in total. The number of ether oxygens (including phenoxy) is 1. The van der Waals surface area contributed by atoms with Crippen LogP contribution in [0.15, 0.2) is 24.3 Å². The maximum atomic E-state index is 5.84. The van der Waals surface area contributed by atoms with Crippen LogP contribution in [-0.4, -0.2) is 37.7 Å². The van der Waals surface area contributed by atoms with E-state index in [0.717, 1.165) is 37.9 Å². The summed E-state index contributed by atoms with van der Waals surface area (Å²) in [6.07, 6.45) is 2.71. The number of hydrogen-bond donors (Lipinski definition) is 1. The fraction of sp³-hybridized carbons (Fsp3) is 0.647. The number of piperidine rings is 1. The van der Waals surface area contributed by atoms with Gasteiger partial charge in [0, 0.05) is 19.6 Å². The number of benzene rings is 1. The summed E-state index contributed by atoms with van der Waals surface area (Å²) < 4.78 is 5.84. The monoisotopic (exact) mass is 276 g/mol. The fourth-order valence-corrected chi connectivity index (χ4v) is 2.76. The molecule has 1 N–H and O–H groups in total. The van der Waals surface area contributed by atoms with E-state index < -0.39 is 0 Å². The van der Waals surface area contributed by atoms with Gasteiger partial charge < -0.3 is 10.1 Å². The summed E-state index contributed by atoms with van der Waals surface area (Å²) in [4.78, 5) is 2.52. The summed E-state index contributed by atoms with van der Waals surface area (Å²) in [5.41, 5.74) is 1.31. The van der Waals surface area contributed by atoms with Crippen LogP contribution in [0.2, 0.25) is 0 Å². The molecular weight excluding hydrogens is 248 g/mol. The van der Waals surface area contributed by atoms with Gasteiger partial charge in [-0.25, -0.2) is 0 Å². The van der Waals surface area contributed by atoms with Crippen molar-refractivity contribution >= 4 is 0 Å². The van der Waals surface area contributed by atoms with E-state index in [1.165, 1.54) is 31.5 Å². The number of nitrogens with zero attached hydrogens (tertiary/aromatic N) is 1. The van der Waals surface area contributed by atoms with Gasteiger partial charge in [-0.2, -0.15) is 0 Å². The summed E-state index contributed by atoms with van der Waals surface area (Å²) >= 11 is 0. The van der Waals surface area contributed by atoms with Crippen LogP contribution in [0.3, 0.4) is 0 Å². The molecule has 1 aromatic rings. The maximum absolute atomic E-state index is 5.84. The first-order valence-electron chi connectivity index (χ1n) is 7.92. The highest BCUT2D eigenvalue weighted by Crippen LogP contribution is 2.16. The van der Waals surface area contributed by atoms with Crippen molar-refractivity contribution in [2.75, 3.05) is 32.8 Å². The highest BCUT2D eigenvalue weighted by Gasteiger charge is 2.15. The molecule has 0 aliphatic carbocycles. The second kappa shape index (κ2) is 8.28. The van der Waals surface area contributed by atoms with E-state index in [1.54, 1.807) is 0 Å². The number of rotatable bonds is 7. The smallest absolute Gasteiger partial charge is 0.119 e. The first-order chi connectivity index (χ1) is 9.78. The van der Waals surface area contributed by atoms with Gasteiger partial charge in [0.1, 0.15) is 12.4 Å². The van der Waals surface area contributed by atoms with Crippen molar-refractivity contribution in [1.29, 1.82) is 0 Å². The Hall–Kier alpha value is -1.06. The zero-order valence-electron chi connectivity index (χ0n) is 12.9. The second-order valence-corrected chi connectivity index (χ2v) is 5.82. The van der Waals surface area contributed by atoms with Crippen molar-refractivity contribution in [3.8, 4) is 5.75 Å². The van der Waals surface area contributed by atoms with Gasteiger partial charge in [0.25, 0.3) is 0 Å². The van der Waals surface area contributed by atoms with Crippen molar-refractivity contribution in [3.63, 3.8) is 0 Å². The largest absolute Gasteiger partial charge is 0.492 e. The minimum absolute atomic E-state index is 0.791. The van der Waals surface area contributed by atoms with E-state index in [0.29, 0.717) is 0 Å². The minimum Gasteiger partial charge on any atom is -0.492 e. The maximum Gasteiger partial charge on any atom is 0.119 e. The fourth-order valence-electron chi connectivity index (χ4n) is 2.76. The van der Waals surface area contributed by atoms with Crippen molar-refractivity contribution in [2.45, 2.75) is 33.2 Å². The molecule has 20 heavy (non-hydrogen) atoms. The Balaban J connectivity index is 1.68. The standard InChI is InChI=1S/C17H28N2O/c1-3-18-13-16-6-8-17(9-7-16)20-12-11-19-10-4-5-15(2)14-19/h6-9,15,18H,3-5,10-14H2,1-2H3. The molecule has 1 unspecified atom stereocenters. The third-order valence-corrected chi connectivity index (χ3v) is 3.92. The number of nitrogens with one attached hydrogen (secondary N) is 1. The normalized spacial score (nSPS) is 20.0. The van der Waals surface area contributed by atoms with Crippen molar-refractivity contribution in [2.24, 2.45) is 5.92 Å². The predicted molar refractivity (Wildman–Crippen MR) is 84.2 cm³/mol. The molecule has 0 saturated carbocycles. The molecule has 0 radical (unpaired) electrons. The van der Waals surface area contributed by atoms with E-state index in [9.17, 15) is 0 Å². The minimum atomic E-state index is 0.791. The van der Waals surface area contributed by atoms with Gasteiger partial charge in [0.15, 0.2) is 0 Å². The summed E-state index contributed by atoms with van der Waals surface area (Å²) in [7, 11) is 0. The molecule has 3 heteroatoms. The molecule has 2 rings (SSSR count). The van der Waals surface area contributed by atoms with E-state index in [-0.39, 0.29) is 0 Å². The SMILES string of the molecule is CCNCc1ccc(OCCN2CCCC(C)C2)cc1. The Morgan fingerprint density at radius 3 is 2.80 bits per heavy atom. The summed E-state index contributed by atoms with van der Waals surface area (Å²) in [5.74, 6) is 1.82. The highest BCUT2D eigenvalue weighted by atomic mass is 16.5.